The first-order valence-electron chi connectivity index (χ1n) is 11.4. The van der Waals surface area contributed by atoms with E-state index in [0.29, 0.717) is 11.0 Å². The van der Waals surface area contributed by atoms with Gasteiger partial charge in [-0.15, -0.1) is 5.75 Å². The van der Waals surface area contributed by atoms with E-state index in [-0.39, 0.29) is 52.0 Å². The predicted molar refractivity (Wildman–Crippen MR) is 148 cm³/mol. The van der Waals surface area contributed by atoms with Crippen LogP contribution >= 0.6 is 0 Å². The average molecular weight is 520 g/mol. The third-order valence-corrected chi connectivity index (χ3v) is 5.93. The summed E-state index contributed by atoms with van der Waals surface area (Å²) in [5.74, 6) is 0.181. The van der Waals surface area contributed by atoms with E-state index in [4.69, 9.17) is 0 Å². The van der Waals surface area contributed by atoms with Crippen LogP contribution in [0.5, 0.6) is 17.2 Å². The van der Waals surface area contributed by atoms with Crippen molar-refractivity contribution in [3.05, 3.63) is 100 Å². The second-order valence-corrected chi connectivity index (χ2v) is 8.65. The summed E-state index contributed by atoms with van der Waals surface area (Å²) < 4.78 is 0. The van der Waals surface area contributed by atoms with Gasteiger partial charge >= 0.3 is 34.7 Å². The molecular formula is C30H29Al2N2O3+3. The third-order valence-electron chi connectivity index (χ3n) is 5.93. The first kappa shape index (κ1) is 32.0. The van der Waals surface area contributed by atoms with Gasteiger partial charge in [-0.1, -0.05) is 77.2 Å². The molecule has 0 amide bonds. The van der Waals surface area contributed by atoms with Crippen molar-refractivity contribution < 1.29 is 15.3 Å². The number of rotatable bonds is 0. The van der Waals surface area contributed by atoms with Crippen molar-refractivity contribution in [1.82, 2.24) is 9.97 Å². The molecule has 0 radical (unpaired) electrons. The van der Waals surface area contributed by atoms with Gasteiger partial charge < -0.3 is 15.3 Å². The van der Waals surface area contributed by atoms with Gasteiger partial charge in [0.15, 0.2) is 0 Å². The van der Waals surface area contributed by atoms with Crippen LogP contribution < -0.4 is 15.3 Å². The number of aromatic nitrogens is 2. The van der Waals surface area contributed by atoms with E-state index in [9.17, 15) is 15.3 Å². The summed E-state index contributed by atoms with van der Waals surface area (Å²) in [6.45, 7) is 11.5. The number of para-hydroxylation sites is 2. The molecule has 5 aromatic rings. The smallest absolute Gasteiger partial charge is 0.872 e. The summed E-state index contributed by atoms with van der Waals surface area (Å²) in [7, 11) is 0. The van der Waals surface area contributed by atoms with Crippen LogP contribution in [0, 0.1) is 41.5 Å². The number of fused-ring (bicyclic) bond motifs is 2. The molecule has 2 heterocycles. The maximum atomic E-state index is 11.3. The quantitative estimate of drug-likeness (QED) is 0.282. The van der Waals surface area contributed by atoms with Gasteiger partial charge in [0.1, 0.15) is 0 Å². The van der Waals surface area contributed by atoms with Gasteiger partial charge in [0.2, 0.25) is 0 Å². The molecule has 0 saturated heterocycles. The van der Waals surface area contributed by atoms with Gasteiger partial charge in [0.05, 0.1) is 11.0 Å². The standard InChI is InChI=1S/2C10H9NO.C10H14O.2Al/c2*1-7-5-6-8-3-2-4-9(12)10(8)11-7;1-6-5-7(2)10(11)9(4)8(6)3;;/h2*2-6,12H,1H3;5,11H,1-4H3;;/q;;;2*+3/p-3. The minimum Gasteiger partial charge on any atom is -0.872 e. The van der Waals surface area contributed by atoms with E-state index in [1.165, 1.54) is 17.7 Å². The number of hydrogen-bond acceptors (Lipinski definition) is 5. The molecule has 5 rings (SSSR count). The summed E-state index contributed by atoms with van der Waals surface area (Å²) in [6.07, 6.45) is 0. The average Bonchev–Trinajstić information content (AvgIpc) is 2.83. The Hall–Kier alpha value is -3.06. The van der Waals surface area contributed by atoms with Crippen LogP contribution in [0.1, 0.15) is 33.6 Å². The fourth-order valence-corrected chi connectivity index (χ4v) is 3.70. The SMILES string of the molecule is Cc1cc(C)c([O-])c(C)c1C.Cc1ccc2cccc([O-])c2n1.Cc1ccc2cccc([O-])c2n1.[Al+3].[Al+3]. The molecule has 7 heteroatoms. The van der Waals surface area contributed by atoms with E-state index >= 15 is 0 Å². The molecule has 0 unspecified atom stereocenters. The molecule has 5 nitrogen and oxygen atoms in total. The zero-order valence-electron chi connectivity index (χ0n) is 22.1. The van der Waals surface area contributed by atoms with Gasteiger partial charge in [-0.05, 0) is 75.6 Å². The van der Waals surface area contributed by atoms with Crippen LogP contribution in [0.15, 0.2) is 66.7 Å². The summed E-state index contributed by atoms with van der Waals surface area (Å²) in [6, 6.07) is 20.0. The molecule has 0 aliphatic heterocycles. The zero-order chi connectivity index (χ0) is 25.7. The van der Waals surface area contributed by atoms with Gasteiger partial charge in [-0.3, -0.25) is 9.97 Å². The Labute approximate surface area is 240 Å². The molecule has 0 aliphatic carbocycles. The fraction of sp³-hybridized carbons (Fsp3) is 0.200. The van der Waals surface area contributed by atoms with Gasteiger partial charge in [0, 0.05) is 11.4 Å². The van der Waals surface area contributed by atoms with Crippen LogP contribution in [0.25, 0.3) is 21.8 Å². The number of hydrogen-bond donors (Lipinski definition) is 0. The molecular weight excluding hydrogens is 490 g/mol. The topological polar surface area (TPSA) is 95.0 Å². The predicted octanol–water partition coefficient (Wildman–Crippen LogP) is 4.47. The Morgan fingerprint density at radius 2 is 0.946 bits per heavy atom. The van der Waals surface area contributed by atoms with Crippen molar-refractivity contribution in [2.75, 3.05) is 0 Å². The number of pyridine rings is 2. The van der Waals surface area contributed by atoms with Crippen molar-refractivity contribution in [2.24, 2.45) is 0 Å². The van der Waals surface area contributed by atoms with E-state index in [0.717, 1.165) is 38.9 Å². The second-order valence-electron chi connectivity index (χ2n) is 8.65. The molecule has 0 aliphatic rings. The Morgan fingerprint density at radius 3 is 1.38 bits per heavy atom. The van der Waals surface area contributed by atoms with Crippen LogP contribution in [0.2, 0.25) is 0 Å². The first-order chi connectivity index (χ1) is 16.6. The molecule has 0 N–H and O–H groups in total. The molecule has 0 bridgehead atoms. The maximum absolute atomic E-state index is 11.3. The monoisotopic (exact) mass is 519 g/mol. The minimum atomic E-state index is -0.00352. The molecule has 3 aromatic carbocycles. The van der Waals surface area contributed by atoms with E-state index in [2.05, 4.69) is 9.97 Å². The summed E-state index contributed by atoms with van der Waals surface area (Å²) in [5.41, 5.74) is 6.97. The van der Waals surface area contributed by atoms with Crippen molar-refractivity contribution in [2.45, 2.75) is 41.5 Å². The molecule has 37 heavy (non-hydrogen) atoms. The molecule has 0 spiro atoms. The third kappa shape index (κ3) is 7.96. The molecule has 0 saturated carbocycles. The van der Waals surface area contributed by atoms with E-state index < -0.39 is 0 Å². The number of benzene rings is 3. The number of nitrogens with zero attached hydrogens (tertiary/aromatic N) is 2. The van der Waals surface area contributed by atoms with E-state index in [1.54, 1.807) is 12.1 Å². The zero-order valence-corrected chi connectivity index (χ0v) is 24.4. The van der Waals surface area contributed by atoms with Gasteiger partial charge in [-0.25, -0.2) is 0 Å². The normalized spacial score (nSPS) is 9.78. The molecule has 2 aromatic heterocycles. The van der Waals surface area contributed by atoms with Crippen molar-refractivity contribution in [3.63, 3.8) is 0 Å². The van der Waals surface area contributed by atoms with Crippen molar-refractivity contribution >= 4 is 56.5 Å². The van der Waals surface area contributed by atoms with Crippen LogP contribution in [0.3, 0.4) is 0 Å². The van der Waals surface area contributed by atoms with Crippen LogP contribution in [0.4, 0.5) is 0 Å². The molecule has 0 atom stereocenters. The van der Waals surface area contributed by atoms with Crippen molar-refractivity contribution in [3.8, 4) is 17.2 Å². The second kappa shape index (κ2) is 14.0. The Bertz CT molecular complexity index is 1390. The van der Waals surface area contributed by atoms with Gasteiger partial charge in [0.25, 0.3) is 0 Å². The largest absolute Gasteiger partial charge is 3.00 e. The minimum absolute atomic E-state index is 0. The maximum Gasteiger partial charge on any atom is 3.00 e. The summed E-state index contributed by atoms with van der Waals surface area (Å²) in [4.78, 5) is 8.33. The first-order valence-corrected chi connectivity index (χ1v) is 11.4. The Kier molecular flexibility index (Phi) is 12.1. The fourth-order valence-electron chi connectivity index (χ4n) is 3.70. The number of aryl methyl sites for hydroxylation is 4. The molecule has 180 valence electrons. The van der Waals surface area contributed by atoms with Crippen LogP contribution in [-0.4, -0.2) is 44.7 Å². The Morgan fingerprint density at radius 1 is 0.514 bits per heavy atom. The van der Waals surface area contributed by atoms with Crippen LogP contribution in [-0.2, 0) is 0 Å². The summed E-state index contributed by atoms with van der Waals surface area (Å²) >= 11 is 0. The van der Waals surface area contributed by atoms with Crippen molar-refractivity contribution in [1.29, 1.82) is 0 Å². The van der Waals surface area contributed by atoms with E-state index in [1.807, 2.05) is 84.0 Å². The molecule has 0 fully saturated rings. The summed E-state index contributed by atoms with van der Waals surface area (Å²) in [5, 5.41) is 35.7. The Balaban J connectivity index is 0.000000271. The van der Waals surface area contributed by atoms with Gasteiger partial charge in [-0.2, -0.15) is 0 Å².